The van der Waals surface area contributed by atoms with Crippen molar-refractivity contribution in [1.82, 2.24) is 9.97 Å². The Morgan fingerprint density at radius 1 is 1.56 bits per heavy atom. The molecule has 3 N–H and O–H groups in total. The molecule has 0 unspecified atom stereocenters. The maximum absolute atomic E-state index is 10.8. The number of nitrogens with zero attached hydrogens (tertiary/aromatic N) is 3. The minimum Gasteiger partial charge on any atom is -0.465 e. The van der Waals surface area contributed by atoms with Crippen LogP contribution in [0.1, 0.15) is 11.5 Å². The smallest absolute Gasteiger partial charge is 0.329 e. The van der Waals surface area contributed by atoms with Gasteiger partial charge >= 0.3 is 5.69 Å². The van der Waals surface area contributed by atoms with Gasteiger partial charge in [-0.15, -0.1) is 0 Å². The average molecular weight is 249 g/mol. The second kappa shape index (κ2) is 4.70. The van der Waals surface area contributed by atoms with E-state index in [2.05, 4.69) is 15.3 Å². The highest BCUT2D eigenvalue weighted by molar-refractivity contribution is 5.56. The largest absolute Gasteiger partial charge is 0.465 e. The summed E-state index contributed by atoms with van der Waals surface area (Å²) < 4.78 is 5.33. The number of aryl methyl sites for hydroxylation is 1. The summed E-state index contributed by atoms with van der Waals surface area (Å²) >= 11 is 0. The number of hydrogen-bond donors (Lipinski definition) is 2. The molecule has 0 radical (unpaired) electrons. The highest BCUT2D eigenvalue weighted by Crippen LogP contribution is 2.21. The molecule has 0 aliphatic carbocycles. The Labute approximate surface area is 102 Å². The standard InChI is InChI=1S/C10H11N5O3/c1-6-2-3-7(18-6)4-12-9-8(15(16)17)5-13-10(11)14-9/h2-3,5H,4H2,1H3,(H3,11,12,13,14). The highest BCUT2D eigenvalue weighted by atomic mass is 16.6. The Bertz CT molecular complexity index is 581. The van der Waals surface area contributed by atoms with E-state index in [0.29, 0.717) is 5.76 Å². The number of hydrogen-bond acceptors (Lipinski definition) is 7. The molecule has 2 aromatic rings. The number of rotatable bonds is 4. The van der Waals surface area contributed by atoms with Crippen molar-refractivity contribution < 1.29 is 9.34 Å². The van der Waals surface area contributed by atoms with E-state index in [1.165, 1.54) is 0 Å². The lowest BCUT2D eigenvalue weighted by molar-refractivity contribution is -0.384. The van der Waals surface area contributed by atoms with Crippen molar-refractivity contribution >= 4 is 17.5 Å². The zero-order chi connectivity index (χ0) is 13.1. The van der Waals surface area contributed by atoms with Crippen LogP contribution in [0.25, 0.3) is 0 Å². The third-order valence-corrected chi connectivity index (χ3v) is 2.21. The first kappa shape index (κ1) is 11.8. The van der Waals surface area contributed by atoms with Crippen LogP contribution in [0.3, 0.4) is 0 Å². The van der Waals surface area contributed by atoms with Gasteiger partial charge in [0.15, 0.2) is 0 Å². The molecule has 0 fully saturated rings. The third-order valence-electron chi connectivity index (χ3n) is 2.21. The molecule has 18 heavy (non-hydrogen) atoms. The van der Waals surface area contributed by atoms with Gasteiger partial charge in [-0.1, -0.05) is 0 Å². The molecule has 0 saturated carbocycles. The van der Waals surface area contributed by atoms with Crippen molar-refractivity contribution in [3.05, 3.63) is 40.0 Å². The summed E-state index contributed by atoms with van der Waals surface area (Å²) in [6.07, 6.45) is 1.07. The second-order valence-corrected chi connectivity index (χ2v) is 3.59. The molecule has 8 nitrogen and oxygen atoms in total. The summed E-state index contributed by atoms with van der Waals surface area (Å²) in [5.74, 6) is 1.46. The van der Waals surface area contributed by atoms with E-state index in [9.17, 15) is 10.1 Å². The zero-order valence-electron chi connectivity index (χ0n) is 9.58. The maximum atomic E-state index is 10.8. The topological polar surface area (TPSA) is 120 Å². The van der Waals surface area contributed by atoms with Crippen LogP contribution in [0.2, 0.25) is 0 Å². The van der Waals surface area contributed by atoms with Gasteiger partial charge in [-0.2, -0.15) is 4.98 Å². The molecule has 0 bridgehead atoms. The zero-order valence-corrected chi connectivity index (χ0v) is 9.58. The van der Waals surface area contributed by atoms with E-state index < -0.39 is 4.92 Å². The third kappa shape index (κ3) is 2.54. The van der Waals surface area contributed by atoms with E-state index >= 15 is 0 Å². The number of nitrogens with one attached hydrogen (secondary N) is 1. The van der Waals surface area contributed by atoms with Crippen molar-refractivity contribution in [2.75, 3.05) is 11.1 Å². The van der Waals surface area contributed by atoms with Crippen LogP contribution in [0, 0.1) is 17.0 Å². The molecule has 0 aromatic carbocycles. The number of nitrogens with two attached hydrogens (primary N) is 1. The Hall–Kier alpha value is -2.64. The van der Waals surface area contributed by atoms with Crippen LogP contribution >= 0.6 is 0 Å². The lowest BCUT2D eigenvalue weighted by atomic mass is 10.4. The van der Waals surface area contributed by atoms with Crippen LogP contribution in [-0.2, 0) is 6.54 Å². The van der Waals surface area contributed by atoms with E-state index in [-0.39, 0.29) is 24.0 Å². The number of nitrogen functional groups attached to an aromatic ring is 1. The minimum absolute atomic E-state index is 0.0290. The molecular weight excluding hydrogens is 238 g/mol. The molecule has 0 amide bonds. The molecule has 0 atom stereocenters. The van der Waals surface area contributed by atoms with Crippen molar-refractivity contribution in [1.29, 1.82) is 0 Å². The normalized spacial score (nSPS) is 10.3. The number of nitro groups is 1. The molecule has 94 valence electrons. The SMILES string of the molecule is Cc1ccc(CNc2nc(N)ncc2[N+](=O)[O-])o1. The lowest BCUT2D eigenvalue weighted by Crippen LogP contribution is -2.07. The highest BCUT2D eigenvalue weighted by Gasteiger charge is 2.16. The Kier molecular flexibility index (Phi) is 3.09. The van der Waals surface area contributed by atoms with Gasteiger partial charge in [-0.3, -0.25) is 10.1 Å². The summed E-state index contributed by atoms with van der Waals surface area (Å²) in [5.41, 5.74) is 5.16. The monoisotopic (exact) mass is 249 g/mol. The quantitative estimate of drug-likeness (QED) is 0.621. The van der Waals surface area contributed by atoms with Crippen LogP contribution < -0.4 is 11.1 Å². The van der Waals surface area contributed by atoms with E-state index in [4.69, 9.17) is 10.2 Å². The van der Waals surface area contributed by atoms with Crippen LogP contribution in [0.15, 0.2) is 22.7 Å². The van der Waals surface area contributed by atoms with Gasteiger partial charge in [0.2, 0.25) is 11.8 Å². The van der Waals surface area contributed by atoms with Crippen LogP contribution in [-0.4, -0.2) is 14.9 Å². The van der Waals surface area contributed by atoms with E-state index in [1.807, 2.05) is 6.92 Å². The van der Waals surface area contributed by atoms with Crippen molar-refractivity contribution in [2.45, 2.75) is 13.5 Å². The molecule has 8 heteroatoms. The number of aromatic nitrogens is 2. The molecule has 2 heterocycles. The summed E-state index contributed by atoms with van der Waals surface area (Å²) in [6.45, 7) is 2.10. The fourth-order valence-corrected chi connectivity index (χ4v) is 1.40. The minimum atomic E-state index is -0.574. The lowest BCUT2D eigenvalue weighted by Gasteiger charge is -2.04. The van der Waals surface area contributed by atoms with Gasteiger partial charge in [0.05, 0.1) is 11.5 Å². The van der Waals surface area contributed by atoms with Gasteiger partial charge < -0.3 is 15.5 Å². The van der Waals surface area contributed by atoms with E-state index in [0.717, 1.165) is 12.0 Å². The molecular formula is C10H11N5O3. The summed E-state index contributed by atoms with van der Waals surface area (Å²) in [4.78, 5) is 17.6. The van der Waals surface area contributed by atoms with Gasteiger partial charge in [0.1, 0.15) is 17.7 Å². The average Bonchev–Trinajstić information content (AvgIpc) is 2.72. The fourth-order valence-electron chi connectivity index (χ4n) is 1.40. The molecule has 0 spiro atoms. The molecule has 0 saturated heterocycles. The van der Waals surface area contributed by atoms with Gasteiger partial charge in [0, 0.05) is 0 Å². The number of furan rings is 1. The van der Waals surface area contributed by atoms with Crippen molar-refractivity contribution in [3.63, 3.8) is 0 Å². The molecule has 0 aliphatic heterocycles. The second-order valence-electron chi connectivity index (χ2n) is 3.59. The predicted octanol–water partition coefficient (Wildman–Crippen LogP) is 1.48. The Morgan fingerprint density at radius 2 is 2.33 bits per heavy atom. The fraction of sp³-hybridized carbons (Fsp3) is 0.200. The maximum Gasteiger partial charge on any atom is 0.329 e. The van der Waals surface area contributed by atoms with Gasteiger partial charge in [-0.05, 0) is 19.1 Å². The van der Waals surface area contributed by atoms with Gasteiger partial charge in [-0.25, -0.2) is 4.98 Å². The summed E-state index contributed by atoms with van der Waals surface area (Å²) in [6, 6.07) is 3.58. The van der Waals surface area contributed by atoms with Crippen LogP contribution in [0.5, 0.6) is 0 Å². The van der Waals surface area contributed by atoms with Crippen LogP contribution in [0.4, 0.5) is 17.5 Å². The molecule has 2 rings (SSSR count). The molecule has 0 aliphatic rings. The van der Waals surface area contributed by atoms with E-state index in [1.54, 1.807) is 12.1 Å². The molecule has 2 aromatic heterocycles. The summed E-state index contributed by atoms with van der Waals surface area (Å²) in [7, 11) is 0. The van der Waals surface area contributed by atoms with Crippen molar-refractivity contribution in [3.8, 4) is 0 Å². The first-order chi connectivity index (χ1) is 8.56. The van der Waals surface area contributed by atoms with Crippen molar-refractivity contribution in [2.24, 2.45) is 0 Å². The van der Waals surface area contributed by atoms with Gasteiger partial charge in [0.25, 0.3) is 0 Å². The number of anilines is 2. The summed E-state index contributed by atoms with van der Waals surface area (Å²) in [5, 5.41) is 13.6. The first-order valence-corrected chi connectivity index (χ1v) is 5.12. The Morgan fingerprint density at radius 3 is 2.94 bits per heavy atom. The Balaban J connectivity index is 2.17. The predicted molar refractivity (Wildman–Crippen MR) is 63.9 cm³/mol. The first-order valence-electron chi connectivity index (χ1n) is 5.12.